The van der Waals surface area contributed by atoms with Crippen LogP contribution in [0.2, 0.25) is 18.1 Å². The third-order valence-electron chi connectivity index (χ3n) is 7.40. The molecule has 0 spiro atoms. The minimum absolute atomic E-state index is 0.764. The maximum atomic E-state index is 6.82. The molecule has 0 saturated carbocycles. The predicted octanol–water partition coefficient (Wildman–Crippen LogP) is 10.8. The molecule has 0 aliphatic heterocycles. The summed E-state index contributed by atoms with van der Waals surface area (Å²) in [5.41, 5.74) is 0. The lowest BCUT2D eigenvalue weighted by Crippen LogP contribution is -2.39. The molecule has 200 valence electrons. The highest BCUT2D eigenvalue weighted by Gasteiger charge is 2.33. The van der Waals surface area contributed by atoms with Crippen LogP contribution < -0.4 is 0 Å². The van der Waals surface area contributed by atoms with Crippen molar-refractivity contribution in [1.82, 2.24) is 0 Å². The van der Waals surface area contributed by atoms with Gasteiger partial charge in [-0.25, -0.2) is 0 Å². The second-order valence-corrected chi connectivity index (χ2v) is 14.8. The Morgan fingerprint density at radius 3 is 1.00 bits per heavy atom. The van der Waals surface area contributed by atoms with E-state index in [-0.39, 0.29) is 0 Å². The number of unbranched alkanes of at least 4 members (excludes halogenated alkanes) is 18. The normalized spacial score (nSPS) is 12.0. The van der Waals surface area contributed by atoms with Crippen molar-refractivity contribution in [2.45, 2.75) is 174 Å². The summed E-state index contributed by atoms with van der Waals surface area (Å²) in [5, 5.41) is 0. The summed E-state index contributed by atoms with van der Waals surface area (Å²) in [5.74, 6) is 0. The third-order valence-corrected chi connectivity index (χ3v) is 12.0. The summed E-state index contributed by atoms with van der Waals surface area (Å²) >= 11 is 0. The number of ether oxygens (including phenoxy) is 1. The highest BCUT2D eigenvalue weighted by atomic mass is 28.4. The van der Waals surface area contributed by atoms with Crippen LogP contribution in [0, 0.1) is 0 Å². The van der Waals surface area contributed by atoms with E-state index in [4.69, 9.17) is 9.16 Å². The second kappa shape index (κ2) is 26.7. The van der Waals surface area contributed by atoms with Gasteiger partial charge in [-0.05, 0) is 18.1 Å². The molecule has 33 heavy (non-hydrogen) atoms. The maximum Gasteiger partial charge on any atom is 0.192 e. The molecular formula is C30H64O2Si. The topological polar surface area (TPSA) is 18.5 Å². The van der Waals surface area contributed by atoms with Gasteiger partial charge >= 0.3 is 0 Å². The van der Waals surface area contributed by atoms with Gasteiger partial charge in [0.1, 0.15) is 0 Å². The fraction of sp³-hybridized carbons (Fsp3) is 1.00. The van der Waals surface area contributed by atoms with E-state index in [9.17, 15) is 0 Å². The van der Waals surface area contributed by atoms with Crippen LogP contribution in [0.1, 0.15) is 156 Å². The Balaban J connectivity index is 4.61. The molecule has 0 unspecified atom stereocenters. The van der Waals surface area contributed by atoms with Crippen molar-refractivity contribution >= 4 is 8.32 Å². The largest absolute Gasteiger partial charge is 0.414 e. The zero-order valence-corrected chi connectivity index (χ0v) is 24.7. The standard InChI is InChI=1S/C30H64O2Si/c1-5-8-11-14-17-20-23-28-33(32-27-26-31-4,29-24-21-18-15-12-9-6-2)30-25-22-19-16-13-10-7-3/h5-30H2,1-4H3. The van der Waals surface area contributed by atoms with Crippen LogP contribution >= 0.6 is 0 Å². The quantitative estimate of drug-likeness (QED) is 0.0811. The van der Waals surface area contributed by atoms with Gasteiger partial charge in [-0.3, -0.25) is 0 Å². The zero-order chi connectivity index (χ0) is 24.3. The summed E-state index contributed by atoms with van der Waals surface area (Å²) in [6.45, 7) is 8.52. The minimum atomic E-state index is -1.64. The van der Waals surface area contributed by atoms with Crippen molar-refractivity contribution in [3.8, 4) is 0 Å². The number of hydrogen-bond acceptors (Lipinski definition) is 2. The SMILES string of the molecule is CCCCCCCCC[Si](CCCCCCCCC)(CCCCCCCCC)OCCOC. The average molecular weight is 485 g/mol. The lowest BCUT2D eigenvalue weighted by Gasteiger charge is -2.32. The van der Waals surface area contributed by atoms with Crippen LogP contribution in [0.5, 0.6) is 0 Å². The molecule has 0 atom stereocenters. The smallest absolute Gasteiger partial charge is 0.192 e. The molecule has 0 fully saturated rings. The van der Waals surface area contributed by atoms with E-state index in [2.05, 4.69) is 20.8 Å². The maximum absolute atomic E-state index is 6.82. The van der Waals surface area contributed by atoms with E-state index in [0.29, 0.717) is 0 Å². The van der Waals surface area contributed by atoms with Crippen LogP contribution in [-0.2, 0) is 9.16 Å². The van der Waals surface area contributed by atoms with Gasteiger partial charge in [0.25, 0.3) is 0 Å². The van der Waals surface area contributed by atoms with Crippen LogP contribution in [-0.4, -0.2) is 28.6 Å². The molecule has 0 aliphatic carbocycles. The summed E-state index contributed by atoms with van der Waals surface area (Å²) in [4.78, 5) is 0. The molecule has 3 heteroatoms. The molecule has 2 nitrogen and oxygen atoms in total. The molecule has 0 amide bonds. The van der Waals surface area contributed by atoms with Crippen molar-refractivity contribution in [3.05, 3.63) is 0 Å². The first kappa shape index (κ1) is 33.1. The van der Waals surface area contributed by atoms with Gasteiger partial charge in [0.05, 0.1) is 13.2 Å². The lowest BCUT2D eigenvalue weighted by molar-refractivity contribution is 0.140. The monoisotopic (exact) mass is 484 g/mol. The summed E-state index contributed by atoms with van der Waals surface area (Å²) < 4.78 is 12.2. The third kappa shape index (κ3) is 22.4. The van der Waals surface area contributed by atoms with Crippen molar-refractivity contribution in [2.24, 2.45) is 0 Å². The molecule has 0 aromatic heterocycles. The molecule has 0 bridgehead atoms. The van der Waals surface area contributed by atoms with Crippen LogP contribution in [0.25, 0.3) is 0 Å². The van der Waals surface area contributed by atoms with E-state index < -0.39 is 8.32 Å². The van der Waals surface area contributed by atoms with E-state index in [1.54, 1.807) is 0 Å². The average Bonchev–Trinajstić information content (AvgIpc) is 2.82. The Morgan fingerprint density at radius 2 is 0.697 bits per heavy atom. The van der Waals surface area contributed by atoms with E-state index in [1.807, 2.05) is 7.11 Å². The molecule has 0 heterocycles. The molecular weight excluding hydrogens is 420 g/mol. The predicted molar refractivity (Wildman–Crippen MR) is 152 cm³/mol. The highest BCUT2D eigenvalue weighted by Crippen LogP contribution is 2.31. The van der Waals surface area contributed by atoms with Crippen molar-refractivity contribution in [1.29, 1.82) is 0 Å². The van der Waals surface area contributed by atoms with Gasteiger partial charge in [-0.1, -0.05) is 156 Å². The van der Waals surface area contributed by atoms with Crippen LogP contribution in [0.3, 0.4) is 0 Å². The summed E-state index contributed by atoms with van der Waals surface area (Å²) in [7, 11) is 0.176. The zero-order valence-electron chi connectivity index (χ0n) is 23.7. The molecule has 0 radical (unpaired) electrons. The van der Waals surface area contributed by atoms with Crippen LogP contribution in [0.4, 0.5) is 0 Å². The fourth-order valence-electron chi connectivity index (χ4n) is 5.15. The number of rotatable bonds is 28. The van der Waals surface area contributed by atoms with E-state index in [0.717, 1.165) is 13.2 Å². The lowest BCUT2D eigenvalue weighted by atomic mass is 10.1. The Labute approximate surface area is 211 Å². The van der Waals surface area contributed by atoms with Crippen molar-refractivity contribution in [3.63, 3.8) is 0 Å². The highest BCUT2D eigenvalue weighted by molar-refractivity contribution is 6.73. The first-order valence-electron chi connectivity index (χ1n) is 15.4. The van der Waals surface area contributed by atoms with Gasteiger partial charge in [0.15, 0.2) is 8.32 Å². The summed E-state index contributed by atoms with van der Waals surface area (Å²) in [6, 6.07) is 4.20. The Bertz CT molecular complexity index is 316. The van der Waals surface area contributed by atoms with Gasteiger partial charge < -0.3 is 9.16 Å². The van der Waals surface area contributed by atoms with Crippen molar-refractivity contribution in [2.75, 3.05) is 20.3 Å². The number of methoxy groups -OCH3 is 1. The first-order valence-corrected chi connectivity index (χ1v) is 17.9. The van der Waals surface area contributed by atoms with Gasteiger partial charge in [-0.2, -0.15) is 0 Å². The first-order chi connectivity index (χ1) is 16.2. The summed E-state index contributed by atoms with van der Waals surface area (Å²) in [6.07, 6.45) is 29.6. The molecule has 0 N–H and O–H groups in total. The molecule has 0 aromatic rings. The number of hydrogen-bond donors (Lipinski definition) is 0. The Kier molecular flexibility index (Phi) is 26.8. The Hall–Kier alpha value is 0.137. The van der Waals surface area contributed by atoms with Gasteiger partial charge in [0, 0.05) is 7.11 Å². The van der Waals surface area contributed by atoms with Crippen LogP contribution in [0.15, 0.2) is 0 Å². The van der Waals surface area contributed by atoms with Gasteiger partial charge in [0.2, 0.25) is 0 Å². The van der Waals surface area contributed by atoms with Gasteiger partial charge in [-0.15, -0.1) is 0 Å². The molecule has 0 saturated heterocycles. The fourth-order valence-corrected chi connectivity index (χ4v) is 9.53. The van der Waals surface area contributed by atoms with E-state index in [1.165, 1.54) is 153 Å². The van der Waals surface area contributed by atoms with Crippen molar-refractivity contribution < 1.29 is 9.16 Å². The molecule has 0 rings (SSSR count). The molecule has 0 aliphatic rings. The van der Waals surface area contributed by atoms with E-state index >= 15 is 0 Å². The second-order valence-electron chi connectivity index (χ2n) is 10.6. The Morgan fingerprint density at radius 1 is 0.394 bits per heavy atom. The minimum Gasteiger partial charge on any atom is -0.414 e. The molecule has 0 aromatic carbocycles.